The highest BCUT2D eigenvalue weighted by atomic mass is 19.1. The summed E-state index contributed by atoms with van der Waals surface area (Å²) in [5.74, 6) is -1.04. The van der Waals surface area contributed by atoms with E-state index in [1.807, 2.05) is 6.07 Å². The monoisotopic (exact) mass is 224 g/mol. The highest BCUT2D eigenvalue weighted by Gasteiger charge is 2.24. The van der Waals surface area contributed by atoms with Crippen LogP contribution in [0.4, 0.5) is 4.39 Å². The maximum absolute atomic E-state index is 13.9. The number of hydrogen-bond acceptors (Lipinski definition) is 1. The lowest BCUT2D eigenvalue weighted by molar-refractivity contribution is -0.137. The summed E-state index contributed by atoms with van der Waals surface area (Å²) in [6.45, 7) is 4.78. The Bertz CT molecular complexity index is 380. The fraction of sp³-hybridized carbons (Fsp3) is 0.462. The maximum Gasteiger partial charge on any atom is 0.303 e. The molecule has 0 spiro atoms. The summed E-state index contributed by atoms with van der Waals surface area (Å²) < 4.78 is 13.9. The van der Waals surface area contributed by atoms with Gasteiger partial charge in [-0.1, -0.05) is 31.2 Å². The topological polar surface area (TPSA) is 37.3 Å². The molecule has 1 rings (SSSR count). The minimum Gasteiger partial charge on any atom is -0.481 e. The van der Waals surface area contributed by atoms with Crippen LogP contribution in [0.15, 0.2) is 24.3 Å². The van der Waals surface area contributed by atoms with Gasteiger partial charge < -0.3 is 5.11 Å². The fourth-order valence-corrected chi connectivity index (χ4v) is 1.84. The Morgan fingerprint density at radius 2 is 2.00 bits per heavy atom. The number of halogens is 1. The molecule has 1 atom stereocenters. The maximum atomic E-state index is 13.9. The van der Waals surface area contributed by atoms with E-state index >= 15 is 0 Å². The summed E-state index contributed by atoms with van der Waals surface area (Å²) in [6.07, 6.45) is 0.0209. The van der Waals surface area contributed by atoms with Crippen LogP contribution in [-0.2, 0) is 10.5 Å². The molecular weight excluding hydrogens is 207 g/mol. The molecule has 0 aromatic heterocycles. The molecule has 3 heteroatoms. The minimum absolute atomic E-state index is 0.0209. The first-order valence-electron chi connectivity index (χ1n) is 5.32. The van der Waals surface area contributed by atoms with Crippen LogP contribution in [0.3, 0.4) is 0 Å². The number of rotatable bonds is 4. The van der Waals surface area contributed by atoms with Crippen molar-refractivity contribution >= 4 is 5.97 Å². The molecule has 0 saturated carbocycles. The van der Waals surface area contributed by atoms with Crippen LogP contribution in [0.5, 0.6) is 0 Å². The van der Waals surface area contributed by atoms with E-state index in [2.05, 4.69) is 0 Å². The number of carboxylic acid groups (broad SMARTS) is 1. The molecule has 16 heavy (non-hydrogen) atoms. The summed E-state index contributed by atoms with van der Waals surface area (Å²) in [5, 5.41) is 8.75. The van der Waals surface area contributed by atoms with Gasteiger partial charge in [0.05, 0.1) is 6.42 Å². The standard InChI is InChI=1S/C13H17FO2/c1-9(8-12(15)16)10-6-4-5-7-11(10)13(2,3)14/h4-7,9H,8H2,1-3H3,(H,15,16). The molecule has 0 radical (unpaired) electrons. The third kappa shape index (κ3) is 3.05. The van der Waals surface area contributed by atoms with Gasteiger partial charge in [0.1, 0.15) is 5.67 Å². The van der Waals surface area contributed by atoms with Gasteiger partial charge in [0, 0.05) is 0 Å². The zero-order chi connectivity index (χ0) is 12.3. The normalized spacial score (nSPS) is 13.5. The lowest BCUT2D eigenvalue weighted by Gasteiger charge is -2.22. The van der Waals surface area contributed by atoms with Crippen molar-refractivity contribution in [2.24, 2.45) is 0 Å². The zero-order valence-corrected chi connectivity index (χ0v) is 9.83. The molecule has 0 aliphatic carbocycles. The number of carboxylic acids is 1. The van der Waals surface area contributed by atoms with Crippen molar-refractivity contribution in [2.75, 3.05) is 0 Å². The first-order chi connectivity index (χ1) is 7.32. The predicted molar refractivity (Wildman–Crippen MR) is 61.2 cm³/mol. The quantitative estimate of drug-likeness (QED) is 0.850. The second kappa shape index (κ2) is 4.64. The van der Waals surface area contributed by atoms with Crippen LogP contribution in [0.1, 0.15) is 44.2 Å². The largest absolute Gasteiger partial charge is 0.481 e. The number of aliphatic carboxylic acids is 1. The van der Waals surface area contributed by atoms with Crippen LogP contribution in [0.2, 0.25) is 0 Å². The predicted octanol–water partition coefficient (Wildman–Crippen LogP) is 3.47. The molecule has 0 bridgehead atoms. The third-order valence-corrected chi connectivity index (χ3v) is 2.61. The van der Waals surface area contributed by atoms with Crippen molar-refractivity contribution in [1.29, 1.82) is 0 Å². The van der Waals surface area contributed by atoms with Gasteiger partial charge in [-0.2, -0.15) is 0 Å². The molecule has 1 unspecified atom stereocenters. The average Bonchev–Trinajstić information content (AvgIpc) is 2.15. The Labute approximate surface area is 95.1 Å². The molecule has 1 aromatic carbocycles. The van der Waals surface area contributed by atoms with E-state index in [1.165, 1.54) is 13.8 Å². The number of hydrogen-bond donors (Lipinski definition) is 1. The van der Waals surface area contributed by atoms with Crippen molar-refractivity contribution in [3.05, 3.63) is 35.4 Å². The lowest BCUT2D eigenvalue weighted by atomic mass is 9.87. The van der Waals surface area contributed by atoms with E-state index in [1.54, 1.807) is 25.1 Å². The second-order valence-corrected chi connectivity index (χ2v) is 4.56. The first kappa shape index (κ1) is 12.7. The van der Waals surface area contributed by atoms with Gasteiger partial charge in [-0.25, -0.2) is 4.39 Å². The van der Waals surface area contributed by atoms with E-state index < -0.39 is 11.6 Å². The molecule has 1 aromatic rings. The summed E-state index contributed by atoms with van der Waals surface area (Å²) in [7, 11) is 0. The van der Waals surface area contributed by atoms with E-state index in [-0.39, 0.29) is 12.3 Å². The molecular formula is C13H17FO2. The van der Waals surface area contributed by atoms with E-state index in [0.717, 1.165) is 5.56 Å². The second-order valence-electron chi connectivity index (χ2n) is 4.56. The van der Waals surface area contributed by atoms with Crippen LogP contribution in [0.25, 0.3) is 0 Å². The first-order valence-corrected chi connectivity index (χ1v) is 5.32. The molecule has 0 heterocycles. The smallest absolute Gasteiger partial charge is 0.303 e. The van der Waals surface area contributed by atoms with Crippen LogP contribution in [0, 0.1) is 0 Å². The molecule has 88 valence electrons. The van der Waals surface area contributed by atoms with Gasteiger partial charge in [0.15, 0.2) is 0 Å². The molecule has 2 nitrogen and oxygen atoms in total. The summed E-state index contributed by atoms with van der Waals surface area (Å²) in [4.78, 5) is 10.7. The number of benzene rings is 1. The van der Waals surface area contributed by atoms with Crippen molar-refractivity contribution < 1.29 is 14.3 Å². The Morgan fingerprint density at radius 1 is 1.44 bits per heavy atom. The van der Waals surface area contributed by atoms with Crippen LogP contribution >= 0.6 is 0 Å². The molecule has 0 saturated heterocycles. The molecule has 0 aliphatic rings. The van der Waals surface area contributed by atoms with Crippen molar-refractivity contribution in [2.45, 2.75) is 38.8 Å². The van der Waals surface area contributed by atoms with Gasteiger partial charge >= 0.3 is 5.97 Å². The van der Waals surface area contributed by atoms with E-state index in [0.29, 0.717) is 5.56 Å². The molecule has 0 aliphatic heterocycles. The highest BCUT2D eigenvalue weighted by molar-refractivity contribution is 5.68. The summed E-state index contributed by atoms with van der Waals surface area (Å²) >= 11 is 0. The van der Waals surface area contributed by atoms with E-state index in [4.69, 9.17) is 5.11 Å². The Kier molecular flexibility index (Phi) is 3.68. The van der Waals surface area contributed by atoms with Crippen LogP contribution < -0.4 is 0 Å². The molecule has 0 amide bonds. The Balaban J connectivity index is 3.08. The van der Waals surface area contributed by atoms with Crippen molar-refractivity contribution in [1.82, 2.24) is 0 Å². The summed E-state index contributed by atoms with van der Waals surface area (Å²) in [6, 6.07) is 7.09. The van der Waals surface area contributed by atoms with Gasteiger partial charge in [0.25, 0.3) is 0 Å². The third-order valence-electron chi connectivity index (χ3n) is 2.61. The lowest BCUT2D eigenvalue weighted by Crippen LogP contribution is -2.15. The van der Waals surface area contributed by atoms with Crippen molar-refractivity contribution in [3.63, 3.8) is 0 Å². The Morgan fingerprint density at radius 3 is 2.50 bits per heavy atom. The molecule has 0 fully saturated rings. The fourth-order valence-electron chi connectivity index (χ4n) is 1.84. The number of alkyl halides is 1. The van der Waals surface area contributed by atoms with Gasteiger partial charge in [0.2, 0.25) is 0 Å². The highest BCUT2D eigenvalue weighted by Crippen LogP contribution is 2.32. The summed E-state index contributed by atoms with van der Waals surface area (Å²) in [5.41, 5.74) is -0.0928. The van der Waals surface area contributed by atoms with E-state index in [9.17, 15) is 9.18 Å². The SMILES string of the molecule is CC(CC(=O)O)c1ccccc1C(C)(C)F. The Hall–Kier alpha value is -1.38. The van der Waals surface area contributed by atoms with Crippen LogP contribution in [-0.4, -0.2) is 11.1 Å². The van der Waals surface area contributed by atoms with Gasteiger partial charge in [-0.05, 0) is 30.9 Å². The van der Waals surface area contributed by atoms with Crippen molar-refractivity contribution in [3.8, 4) is 0 Å². The van der Waals surface area contributed by atoms with Gasteiger partial charge in [-0.15, -0.1) is 0 Å². The minimum atomic E-state index is -1.44. The molecule has 1 N–H and O–H groups in total. The number of carbonyl (C=O) groups is 1. The average molecular weight is 224 g/mol. The van der Waals surface area contributed by atoms with Gasteiger partial charge in [-0.3, -0.25) is 4.79 Å². The zero-order valence-electron chi connectivity index (χ0n) is 9.83.